The van der Waals surface area contributed by atoms with E-state index in [0.29, 0.717) is 5.69 Å². The number of aromatic nitrogens is 1. The first-order valence-electron chi connectivity index (χ1n) is 9.88. The summed E-state index contributed by atoms with van der Waals surface area (Å²) in [5, 5.41) is 10.1. The van der Waals surface area contributed by atoms with Crippen LogP contribution in [0.2, 0.25) is 0 Å². The molecule has 0 aliphatic rings. The Hall–Kier alpha value is -2.01. The molecular formula is C20H32F2N4O4. The van der Waals surface area contributed by atoms with Gasteiger partial charge in [-0.15, -0.1) is 5.48 Å². The Balaban J connectivity index is 3.03. The fraction of sp³-hybridized carbons (Fsp3) is 0.650. The van der Waals surface area contributed by atoms with E-state index in [1.165, 1.54) is 13.1 Å². The maximum absolute atomic E-state index is 14.9. The third-order valence-corrected chi connectivity index (χ3v) is 5.07. The Bertz CT molecular complexity index is 705. The summed E-state index contributed by atoms with van der Waals surface area (Å²) in [5.41, 5.74) is 11.7. The summed E-state index contributed by atoms with van der Waals surface area (Å²) in [5.74, 6) is -8.72. The van der Waals surface area contributed by atoms with Crippen LogP contribution in [0.4, 0.5) is 8.78 Å². The number of halogens is 2. The van der Waals surface area contributed by atoms with Crippen LogP contribution < -0.4 is 16.9 Å². The summed E-state index contributed by atoms with van der Waals surface area (Å²) < 4.78 is 29.7. The van der Waals surface area contributed by atoms with Crippen molar-refractivity contribution in [2.75, 3.05) is 0 Å². The number of nitrogens with zero attached hydrogens (tertiary/aromatic N) is 1. The van der Waals surface area contributed by atoms with E-state index in [2.05, 4.69) is 10.5 Å². The quantitative estimate of drug-likeness (QED) is 0.287. The first-order chi connectivity index (χ1) is 13.9. The van der Waals surface area contributed by atoms with E-state index in [4.69, 9.17) is 16.3 Å². The molecule has 1 heterocycles. The number of aliphatic hydroxyl groups is 1. The SMILES string of the molecule is CCC(C)[C@](N)(C(=O)ONCc1ccccn1)C(=O)C(F)(F)C(O)C(N)CC(C)C. The lowest BCUT2D eigenvalue weighted by atomic mass is 9.76. The van der Waals surface area contributed by atoms with Crippen molar-refractivity contribution in [1.82, 2.24) is 10.5 Å². The summed E-state index contributed by atoms with van der Waals surface area (Å²) in [6, 6.07) is 3.68. The predicted octanol–water partition coefficient (Wildman–Crippen LogP) is 1.31. The van der Waals surface area contributed by atoms with Crippen LogP contribution >= 0.6 is 0 Å². The van der Waals surface area contributed by atoms with Crippen LogP contribution in [-0.2, 0) is 21.0 Å². The van der Waals surface area contributed by atoms with Crippen LogP contribution in [0.5, 0.6) is 0 Å². The summed E-state index contributed by atoms with van der Waals surface area (Å²) in [4.78, 5) is 34.2. The van der Waals surface area contributed by atoms with Gasteiger partial charge < -0.3 is 21.4 Å². The number of aliphatic hydroxyl groups excluding tert-OH is 1. The van der Waals surface area contributed by atoms with E-state index in [1.54, 1.807) is 39.0 Å². The fourth-order valence-electron chi connectivity index (χ4n) is 2.95. The van der Waals surface area contributed by atoms with E-state index >= 15 is 0 Å². The van der Waals surface area contributed by atoms with Crippen LogP contribution in [0.25, 0.3) is 0 Å². The highest BCUT2D eigenvalue weighted by Crippen LogP contribution is 2.33. The minimum Gasteiger partial charge on any atom is -0.385 e. The number of rotatable bonds is 12. The average molecular weight is 430 g/mol. The first-order valence-corrected chi connectivity index (χ1v) is 9.88. The number of carbonyl (C=O) groups excluding carboxylic acids is 2. The largest absolute Gasteiger partial charge is 0.385 e. The van der Waals surface area contributed by atoms with Crippen molar-refractivity contribution in [3.8, 4) is 0 Å². The molecule has 0 bridgehead atoms. The van der Waals surface area contributed by atoms with Gasteiger partial charge in [-0.25, -0.2) is 4.79 Å². The van der Waals surface area contributed by atoms with Gasteiger partial charge in [-0.1, -0.05) is 40.2 Å². The first kappa shape index (κ1) is 26.0. The Labute approximate surface area is 175 Å². The van der Waals surface area contributed by atoms with E-state index in [-0.39, 0.29) is 25.3 Å². The maximum atomic E-state index is 14.9. The van der Waals surface area contributed by atoms with Gasteiger partial charge in [0, 0.05) is 12.2 Å². The molecule has 1 rings (SSSR count). The third-order valence-electron chi connectivity index (χ3n) is 5.07. The van der Waals surface area contributed by atoms with Crippen LogP contribution in [0, 0.1) is 11.8 Å². The number of ketones is 1. The molecule has 0 aliphatic carbocycles. The van der Waals surface area contributed by atoms with Crippen LogP contribution in [0.15, 0.2) is 24.4 Å². The van der Waals surface area contributed by atoms with Crippen molar-refractivity contribution in [3.63, 3.8) is 0 Å². The summed E-state index contributed by atoms with van der Waals surface area (Å²) in [6.07, 6.45) is -0.770. The molecule has 30 heavy (non-hydrogen) atoms. The molecule has 1 aromatic heterocycles. The van der Waals surface area contributed by atoms with Crippen molar-refractivity contribution in [3.05, 3.63) is 30.1 Å². The van der Waals surface area contributed by atoms with Crippen molar-refractivity contribution >= 4 is 11.8 Å². The maximum Gasteiger partial charge on any atom is 0.353 e. The molecule has 6 N–H and O–H groups in total. The minimum atomic E-state index is -4.34. The Morgan fingerprint density at radius 2 is 1.93 bits per heavy atom. The number of nitrogens with two attached hydrogens (primary N) is 2. The average Bonchev–Trinajstić information content (AvgIpc) is 2.71. The van der Waals surface area contributed by atoms with Crippen LogP contribution in [0.1, 0.15) is 46.2 Å². The van der Waals surface area contributed by atoms with Gasteiger partial charge in [0.25, 0.3) is 0 Å². The van der Waals surface area contributed by atoms with Crippen molar-refractivity contribution < 1.29 is 28.3 Å². The van der Waals surface area contributed by atoms with Gasteiger partial charge in [0.2, 0.25) is 5.78 Å². The van der Waals surface area contributed by atoms with Gasteiger partial charge in [0.05, 0.1) is 12.2 Å². The molecule has 0 aliphatic heterocycles. The topological polar surface area (TPSA) is 141 Å². The Morgan fingerprint density at radius 1 is 1.30 bits per heavy atom. The fourth-order valence-corrected chi connectivity index (χ4v) is 2.95. The normalized spacial score (nSPS) is 17.1. The number of Topliss-reactive ketones (excluding diaryl/α,β-unsaturated/α-hetero) is 1. The van der Waals surface area contributed by atoms with Gasteiger partial charge in [-0.3, -0.25) is 9.78 Å². The lowest BCUT2D eigenvalue weighted by molar-refractivity contribution is -0.182. The molecule has 0 saturated carbocycles. The van der Waals surface area contributed by atoms with Gasteiger partial charge in [0.15, 0.2) is 5.54 Å². The molecule has 0 aromatic carbocycles. The standard InChI is InChI=1S/C20H32F2N4O4/c1-5-13(4)19(24,18(29)30-26-11-14-8-6-7-9-25-14)17(28)20(21,22)16(27)15(23)10-12(2)3/h6-9,12-13,15-16,26-27H,5,10-11,23-24H2,1-4H3/t13?,15?,16?,19-/m1/s1. The molecule has 0 saturated heterocycles. The highest BCUT2D eigenvalue weighted by molar-refractivity contribution is 6.11. The van der Waals surface area contributed by atoms with Crippen molar-refractivity contribution in [2.45, 2.75) is 70.7 Å². The van der Waals surface area contributed by atoms with E-state index in [9.17, 15) is 23.5 Å². The van der Waals surface area contributed by atoms with Gasteiger partial charge in [0.1, 0.15) is 6.10 Å². The molecule has 1 aromatic rings. The summed E-state index contributed by atoms with van der Waals surface area (Å²) in [6.45, 7) is 6.43. The molecule has 3 unspecified atom stereocenters. The lowest BCUT2D eigenvalue weighted by Gasteiger charge is -2.36. The van der Waals surface area contributed by atoms with Crippen LogP contribution in [0.3, 0.4) is 0 Å². The minimum absolute atomic E-state index is 0.0182. The Morgan fingerprint density at radius 3 is 2.43 bits per heavy atom. The second-order valence-electron chi connectivity index (χ2n) is 7.90. The molecule has 0 radical (unpaired) electrons. The number of nitrogens with one attached hydrogen (secondary N) is 1. The molecular weight excluding hydrogens is 398 g/mol. The molecule has 0 fully saturated rings. The molecule has 170 valence electrons. The molecule has 0 spiro atoms. The molecule has 4 atom stereocenters. The molecule has 0 amide bonds. The zero-order valence-corrected chi connectivity index (χ0v) is 17.8. The van der Waals surface area contributed by atoms with Crippen molar-refractivity contribution in [2.24, 2.45) is 23.3 Å². The zero-order chi connectivity index (χ0) is 23.1. The summed E-state index contributed by atoms with van der Waals surface area (Å²) in [7, 11) is 0. The van der Waals surface area contributed by atoms with Gasteiger partial charge in [-0.2, -0.15) is 8.78 Å². The zero-order valence-electron chi connectivity index (χ0n) is 17.8. The number of alkyl halides is 2. The van der Waals surface area contributed by atoms with Crippen molar-refractivity contribution in [1.29, 1.82) is 0 Å². The monoisotopic (exact) mass is 430 g/mol. The molecule has 10 heteroatoms. The number of carbonyl (C=O) groups is 2. The van der Waals surface area contributed by atoms with E-state index in [1.807, 2.05) is 0 Å². The Kier molecular flexibility index (Phi) is 9.41. The van der Waals surface area contributed by atoms with E-state index < -0.39 is 41.3 Å². The summed E-state index contributed by atoms with van der Waals surface area (Å²) >= 11 is 0. The number of pyridine rings is 1. The highest BCUT2D eigenvalue weighted by atomic mass is 19.3. The lowest BCUT2D eigenvalue weighted by Crippen LogP contribution is -2.68. The molecule has 8 nitrogen and oxygen atoms in total. The number of hydroxylamine groups is 1. The number of hydrogen-bond acceptors (Lipinski definition) is 8. The van der Waals surface area contributed by atoms with Crippen LogP contribution in [-0.4, -0.2) is 45.5 Å². The highest BCUT2D eigenvalue weighted by Gasteiger charge is 2.61. The van der Waals surface area contributed by atoms with Gasteiger partial charge >= 0.3 is 11.9 Å². The smallest absolute Gasteiger partial charge is 0.353 e. The van der Waals surface area contributed by atoms with E-state index in [0.717, 1.165) is 0 Å². The second-order valence-corrected chi connectivity index (χ2v) is 7.90. The van der Waals surface area contributed by atoms with Gasteiger partial charge in [-0.05, 0) is 30.4 Å². The predicted molar refractivity (Wildman–Crippen MR) is 107 cm³/mol. The second kappa shape index (κ2) is 10.9. The third kappa shape index (κ3) is 6.00. The number of hydrogen-bond donors (Lipinski definition) is 4.